The Balaban J connectivity index is 1.55. The van der Waals surface area contributed by atoms with Crippen molar-refractivity contribution in [1.29, 1.82) is 0 Å². The molecule has 7 nitrogen and oxygen atoms in total. The number of nitrogens with one attached hydrogen (secondary N) is 1. The van der Waals surface area contributed by atoms with Crippen LogP contribution in [0.4, 0.5) is 0 Å². The van der Waals surface area contributed by atoms with Crippen LogP contribution in [0.25, 0.3) is 0 Å². The summed E-state index contributed by atoms with van der Waals surface area (Å²) in [4.78, 5) is 2.17. The Hall–Kier alpha value is -2.97. The maximum absolute atomic E-state index is 12.1. The minimum absolute atomic E-state index is 0.0575. The lowest BCUT2D eigenvalue weighted by Gasteiger charge is -2.05. The van der Waals surface area contributed by atoms with Gasteiger partial charge in [0.1, 0.15) is 29.6 Å². The van der Waals surface area contributed by atoms with Gasteiger partial charge in [0.15, 0.2) is 0 Å². The van der Waals surface area contributed by atoms with Gasteiger partial charge in [-0.3, -0.25) is 0 Å². The van der Waals surface area contributed by atoms with Crippen LogP contribution in [0.5, 0.6) is 11.5 Å². The predicted molar refractivity (Wildman–Crippen MR) is 105 cm³/mol. The first kappa shape index (κ1) is 19.8. The molecular weight excluding hydrogens is 404 g/mol. The molecule has 0 amide bonds. The Bertz CT molecular complexity index is 1040. The Morgan fingerprint density at radius 1 is 1.04 bits per heavy atom. The number of hydrogen-bond acceptors (Lipinski definition) is 6. The van der Waals surface area contributed by atoms with Gasteiger partial charge < -0.3 is 13.9 Å². The number of furan rings is 1. The minimum atomic E-state index is -3.78. The van der Waals surface area contributed by atoms with E-state index in [-0.39, 0.29) is 11.5 Å². The van der Waals surface area contributed by atoms with Crippen LogP contribution in [-0.2, 0) is 16.6 Å². The molecule has 1 N–H and O–H groups in total. The van der Waals surface area contributed by atoms with Crippen molar-refractivity contribution in [3.05, 3.63) is 77.2 Å². The summed E-state index contributed by atoms with van der Waals surface area (Å²) in [5, 5.41) is 4.17. The molecule has 146 valence electrons. The van der Waals surface area contributed by atoms with Crippen molar-refractivity contribution < 1.29 is 22.3 Å². The third-order valence-corrected chi connectivity index (χ3v) is 5.10. The fourth-order valence-electron chi connectivity index (χ4n) is 2.19. The summed E-state index contributed by atoms with van der Waals surface area (Å²) in [5.74, 6) is 2.36. The second kappa shape index (κ2) is 8.81. The van der Waals surface area contributed by atoms with E-state index in [1.807, 2.05) is 0 Å². The number of sulfonamides is 1. The number of nitrogens with zero attached hydrogens (tertiary/aromatic N) is 1. The van der Waals surface area contributed by atoms with Gasteiger partial charge in [-0.05, 0) is 60.7 Å². The largest absolute Gasteiger partial charge is 0.497 e. The summed E-state index contributed by atoms with van der Waals surface area (Å²) in [6.45, 7) is 0.219. The molecule has 0 unspecified atom stereocenters. The third-order valence-electron chi connectivity index (χ3n) is 3.61. The van der Waals surface area contributed by atoms with Gasteiger partial charge in [-0.25, -0.2) is 0 Å². The molecule has 0 bridgehead atoms. The molecule has 3 aromatic rings. The minimum Gasteiger partial charge on any atom is -0.497 e. The normalized spacial score (nSPS) is 11.5. The third kappa shape index (κ3) is 5.28. The quantitative estimate of drug-likeness (QED) is 0.441. The molecule has 0 saturated heterocycles. The lowest BCUT2D eigenvalue weighted by molar-refractivity contribution is 0.269. The highest BCUT2D eigenvalue weighted by molar-refractivity contribution is 7.89. The fourth-order valence-corrected chi connectivity index (χ4v) is 3.11. The van der Waals surface area contributed by atoms with E-state index >= 15 is 0 Å². The molecule has 0 saturated carbocycles. The van der Waals surface area contributed by atoms with Crippen LogP contribution in [-0.4, -0.2) is 21.7 Å². The average molecular weight is 421 g/mol. The van der Waals surface area contributed by atoms with Crippen molar-refractivity contribution >= 4 is 27.8 Å². The number of benzene rings is 2. The molecule has 28 heavy (non-hydrogen) atoms. The van der Waals surface area contributed by atoms with E-state index in [2.05, 4.69) is 9.93 Å². The summed E-state index contributed by atoms with van der Waals surface area (Å²) in [6, 6.07) is 16.3. The Kier molecular flexibility index (Phi) is 6.23. The smallest absolute Gasteiger partial charge is 0.276 e. The molecule has 1 aromatic heterocycles. The number of ether oxygens (including phenoxy) is 2. The topological polar surface area (TPSA) is 90.1 Å². The standard InChI is InChI=1S/C19H17ClN2O5S/c1-25-15-4-6-16(7-5-15)26-13-18-9-8-17(27-18)12-21-22-28(23,24)19-10-2-14(20)3-11-19/h2-12,22H,13H2,1H3/b21-12+. The van der Waals surface area contributed by atoms with Gasteiger partial charge in [-0.1, -0.05) is 11.6 Å². The SMILES string of the molecule is COc1ccc(OCc2ccc(/C=N/NS(=O)(=O)c3ccc(Cl)cc3)o2)cc1. The molecular formula is C19H17ClN2O5S. The van der Waals surface area contributed by atoms with E-state index < -0.39 is 10.0 Å². The monoisotopic (exact) mass is 420 g/mol. The first-order valence-corrected chi connectivity index (χ1v) is 9.98. The van der Waals surface area contributed by atoms with E-state index in [4.69, 9.17) is 25.5 Å². The van der Waals surface area contributed by atoms with Crippen molar-refractivity contribution in [2.24, 2.45) is 5.10 Å². The maximum atomic E-state index is 12.1. The summed E-state index contributed by atoms with van der Waals surface area (Å²) >= 11 is 5.75. The van der Waals surface area contributed by atoms with Gasteiger partial charge in [0.25, 0.3) is 10.0 Å². The van der Waals surface area contributed by atoms with Crippen LogP contribution >= 0.6 is 11.6 Å². The van der Waals surface area contributed by atoms with Crippen LogP contribution < -0.4 is 14.3 Å². The van der Waals surface area contributed by atoms with E-state index in [9.17, 15) is 8.42 Å². The molecule has 0 aliphatic heterocycles. The molecule has 9 heteroatoms. The van der Waals surface area contributed by atoms with Gasteiger partial charge in [0, 0.05) is 5.02 Å². The number of methoxy groups -OCH3 is 1. The molecule has 0 radical (unpaired) electrons. The highest BCUT2D eigenvalue weighted by Crippen LogP contribution is 2.19. The highest BCUT2D eigenvalue weighted by atomic mass is 35.5. The molecule has 2 aromatic carbocycles. The molecule has 1 heterocycles. The van der Waals surface area contributed by atoms with Gasteiger partial charge in [0.05, 0.1) is 18.2 Å². The maximum Gasteiger partial charge on any atom is 0.276 e. The number of rotatable bonds is 8. The summed E-state index contributed by atoms with van der Waals surface area (Å²) in [7, 11) is -2.18. The van der Waals surface area contributed by atoms with Crippen molar-refractivity contribution in [2.75, 3.05) is 7.11 Å². The summed E-state index contributed by atoms with van der Waals surface area (Å²) < 4.78 is 40.5. The molecule has 0 aliphatic rings. The molecule has 0 spiro atoms. The van der Waals surface area contributed by atoms with Crippen LogP contribution in [0.1, 0.15) is 11.5 Å². The van der Waals surface area contributed by atoms with E-state index in [1.165, 1.54) is 30.5 Å². The van der Waals surface area contributed by atoms with E-state index in [0.29, 0.717) is 22.3 Å². The number of halogens is 1. The van der Waals surface area contributed by atoms with Crippen molar-refractivity contribution in [3.8, 4) is 11.5 Å². The van der Waals surface area contributed by atoms with Crippen molar-refractivity contribution in [3.63, 3.8) is 0 Å². The zero-order chi connectivity index (χ0) is 20.0. The first-order chi connectivity index (χ1) is 13.5. The lowest BCUT2D eigenvalue weighted by Crippen LogP contribution is -2.18. The summed E-state index contributed by atoms with van der Waals surface area (Å²) in [6.07, 6.45) is 1.27. The van der Waals surface area contributed by atoms with Gasteiger partial charge >= 0.3 is 0 Å². The molecule has 0 aliphatic carbocycles. The van der Waals surface area contributed by atoms with Crippen LogP contribution in [0.15, 0.2) is 75.1 Å². The van der Waals surface area contributed by atoms with Crippen LogP contribution in [0, 0.1) is 0 Å². The van der Waals surface area contributed by atoms with Gasteiger partial charge in [-0.15, -0.1) is 0 Å². The molecule has 0 atom stereocenters. The highest BCUT2D eigenvalue weighted by Gasteiger charge is 2.12. The van der Waals surface area contributed by atoms with Crippen LogP contribution in [0.3, 0.4) is 0 Å². The average Bonchev–Trinajstić information content (AvgIpc) is 3.15. The van der Waals surface area contributed by atoms with Gasteiger partial charge in [-0.2, -0.15) is 18.4 Å². The molecule has 3 rings (SSSR count). The van der Waals surface area contributed by atoms with Gasteiger partial charge in [0.2, 0.25) is 0 Å². The zero-order valence-corrected chi connectivity index (χ0v) is 16.4. The van der Waals surface area contributed by atoms with E-state index in [1.54, 1.807) is 43.5 Å². The zero-order valence-electron chi connectivity index (χ0n) is 14.8. The van der Waals surface area contributed by atoms with Crippen molar-refractivity contribution in [2.45, 2.75) is 11.5 Å². The second-order valence-corrected chi connectivity index (χ2v) is 7.67. The van der Waals surface area contributed by atoms with Crippen molar-refractivity contribution in [1.82, 2.24) is 4.83 Å². The first-order valence-electron chi connectivity index (χ1n) is 8.12. The molecule has 0 fully saturated rings. The number of hydrazone groups is 1. The summed E-state index contributed by atoms with van der Waals surface area (Å²) in [5.41, 5.74) is 0. The fraction of sp³-hybridized carbons (Fsp3) is 0.105. The Morgan fingerprint density at radius 2 is 1.71 bits per heavy atom. The number of hydrogen-bond donors (Lipinski definition) is 1. The lowest BCUT2D eigenvalue weighted by atomic mass is 10.3. The predicted octanol–water partition coefficient (Wildman–Crippen LogP) is 3.83. The second-order valence-electron chi connectivity index (χ2n) is 5.58. The van der Waals surface area contributed by atoms with E-state index in [0.717, 1.165) is 5.75 Å². The Morgan fingerprint density at radius 3 is 2.39 bits per heavy atom. The Labute approximate surface area is 167 Å². The van der Waals surface area contributed by atoms with Crippen LogP contribution in [0.2, 0.25) is 5.02 Å².